The molecule has 0 aromatic carbocycles. The Morgan fingerprint density at radius 2 is 1.28 bits per heavy atom. The zero-order chi connectivity index (χ0) is 29.6. The van der Waals surface area contributed by atoms with Gasteiger partial charge in [-0.2, -0.15) is 0 Å². The molecule has 0 amide bonds. The summed E-state index contributed by atoms with van der Waals surface area (Å²) < 4.78 is 12.4. The van der Waals surface area contributed by atoms with Crippen molar-refractivity contribution in [3.63, 3.8) is 0 Å². The molecule has 9 rings (SSSR count). The van der Waals surface area contributed by atoms with Gasteiger partial charge < -0.3 is 9.47 Å². The van der Waals surface area contributed by atoms with Crippen LogP contribution in [0.4, 0.5) is 0 Å². The van der Waals surface area contributed by atoms with E-state index in [9.17, 15) is 9.59 Å². The van der Waals surface area contributed by atoms with E-state index in [1.54, 1.807) is 0 Å². The Balaban J connectivity index is 0.000000131. The van der Waals surface area contributed by atoms with Crippen molar-refractivity contribution in [2.75, 3.05) is 13.2 Å². The molecule has 0 aromatic heterocycles. The maximum absolute atomic E-state index is 12.3. The van der Waals surface area contributed by atoms with E-state index in [1.165, 1.54) is 89.9 Å². The molecule has 1 saturated heterocycles. The van der Waals surface area contributed by atoms with Gasteiger partial charge in [0.25, 0.3) is 0 Å². The smallest absolute Gasteiger partial charge is 0.174 e. The van der Waals surface area contributed by atoms with Crippen molar-refractivity contribution in [1.82, 2.24) is 0 Å². The molecule has 0 bridgehead atoms. The summed E-state index contributed by atoms with van der Waals surface area (Å²) in [5.41, 5.74) is 0.304. The SMILES string of the molecule is C[C@H]1CC[C@H]2[C@@H](CC[C@@H]3[C@@H]2CC[C@]2(C)C(=O)CC[C@@H]32)C1.C[C@]12CC[C@H]3[C@@H](CC[C@H]4CC(=O)CC[C@@H]43)[C@@H]1CCC21OCCO1. The maximum Gasteiger partial charge on any atom is 0.174 e. The normalized spacial score (nSPS) is 53.0. The Morgan fingerprint density at radius 3 is 2.07 bits per heavy atom. The highest BCUT2D eigenvalue weighted by molar-refractivity contribution is 5.87. The first kappa shape index (κ1) is 29.6. The molecule has 43 heavy (non-hydrogen) atoms. The number of hydrogen-bond acceptors (Lipinski definition) is 4. The molecule has 240 valence electrons. The van der Waals surface area contributed by atoms with Gasteiger partial charge in [-0.3, -0.25) is 9.59 Å². The van der Waals surface area contributed by atoms with Crippen molar-refractivity contribution in [2.45, 2.75) is 142 Å². The topological polar surface area (TPSA) is 52.6 Å². The number of ether oxygens (including phenoxy) is 2. The van der Waals surface area contributed by atoms with Crippen molar-refractivity contribution in [1.29, 1.82) is 0 Å². The number of carbonyl (C=O) groups excluding carboxylic acids is 2. The standard InChI is InChI=1S/C20H30O3.C19H30O/c1-19-8-6-16-15-5-3-14(21)12-13(15)2-4-17(16)18(19)7-9-20(19)22-10-11-23-20;1-12-3-5-14-13(11-12)4-6-16-15(14)9-10-19(2)17(16)7-8-18(19)20/h13,15-18H,2-12H2,1H3;12-17H,3-11H2,1-2H3/t13-,15-,16+,17+,18-,19-;12-,13-,14-,15+,16+,17-,19-/m00/s1. The van der Waals surface area contributed by atoms with E-state index in [0.717, 1.165) is 98.1 Å². The van der Waals surface area contributed by atoms with Crippen LogP contribution in [0.5, 0.6) is 0 Å². The Bertz CT molecular complexity index is 1090. The molecule has 1 heterocycles. The second-order valence-corrected chi connectivity index (χ2v) is 17.9. The maximum atomic E-state index is 12.3. The Kier molecular flexibility index (Phi) is 7.53. The van der Waals surface area contributed by atoms with E-state index < -0.39 is 0 Å². The highest BCUT2D eigenvalue weighted by atomic mass is 16.7. The number of rotatable bonds is 0. The predicted molar refractivity (Wildman–Crippen MR) is 168 cm³/mol. The van der Waals surface area contributed by atoms with E-state index in [0.29, 0.717) is 17.5 Å². The van der Waals surface area contributed by atoms with Gasteiger partial charge in [-0.1, -0.05) is 27.2 Å². The van der Waals surface area contributed by atoms with Gasteiger partial charge in [-0.25, -0.2) is 0 Å². The molecule has 9 fully saturated rings. The lowest BCUT2D eigenvalue weighted by molar-refractivity contribution is -0.243. The van der Waals surface area contributed by atoms with Gasteiger partial charge in [0, 0.05) is 36.5 Å². The van der Waals surface area contributed by atoms with Crippen LogP contribution in [0.25, 0.3) is 0 Å². The summed E-state index contributed by atoms with van der Waals surface area (Å²) in [5.74, 6) is 10.5. The first-order valence-electron chi connectivity index (χ1n) is 19.1. The molecule has 0 N–H and O–H groups in total. The number of hydrogen-bond donors (Lipinski definition) is 0. The fourth-order valence-corrected chi connectivity index (χ4v) is 14.4. The lowest BCUT2D eigenvalue weighted by Crippen LogP contribution is -2.54. The van der Waals surface area contributed by atoms with E-state index in [1.807, 2.05) is 0 Å². The minimum atomic E-state index is -0.262. The monoisotopic (exact) mass is 592 g/mol. The van der Waals surface area contributed by atoms with Gasteiger partial charge in [0.05, 0.1) is 13.2 Å². The molecule has 8 saturated carbocycles. The van der Waals surface area contributed by atoms with E-state index >= 15 is 0 Å². The van der Waals surface area contributed by atoms with Gasteiger partial charge in [-0.05, 0) is 149 Å². The molecule has 4 heteroatoms. The van der Waals surface area contributed by atoms with E-state index in [2.05, 4.69) is 20.8 Å². The van der Waals surface area contributed by atoms with Crippen molar-refractivity contribution < 1.29 is 19.1 Å². The minimum Gasteiger partial charge on any atom is -0.347 e. The first-order chi connectivity index (χ1) is 20.7. The average Bonchev–Trinajstić information content (AvgIpc) is 3.69. The second-order valence-electron chi connectivity index (χ2n) is 17.9. The lowest BCUT2D eigenvalue weighted by atomic mass is 9.50. The molecule has 13 atom stereocenters. The molecule has 0 radical (unpaired) electrons. The van der Waals surface area contributed by atoms with Gasteiger partial charge in [0.1, 0.15) is 11.6 Å². The molecule has 1 aliphatic heterocycles. The fourth-order valence-electron chi connectivity index (χ4n) is 14.4. The summed E-state index contributed by atoms with van der Waals surface area (Å²) in [6.45, 7) is 8.78. The third-order valence-corrected chi connectivity index (χ3v) is 16.5. The second kappa shape index (κ2) is 10.9. The molecule has 1 spiro atoms. The predicted octanol–water partition coefficient (Wildman–Crippen LogP) is 8.80. The van der Waals surface area contributed by atoms with Crippen molar-refractivity contribution in [2.24, 2.45) is 75.9 Å². The van der Waals surface area contributed by atoms with Crippen LogP contribution >= 0.6 is 0 Å². The summed E-state index contributed by atoms with van der Waals surface area (Å²) in [6, 6.07) is 0. The summed E-state index contributed by atoms with van der Waals surface area (Å²) in [6.07, 6.45) is 22.5. The van der Waals surface area contributed by atoms with Crippen LogP contribution in [-0.4, -0.2) is 30.6 Å². The highest BCUT2D eigenvalue weighted by Gasteiger charge is 2.66. The molecule has 4 nitrogen and oxygen atoms in total. The number of Topliss-reactive ketones (excluding diaryl/α,β-unsaturated/α-hetero) is 2. The average molecular weight is 593 g/mol. The van der Waals surface area contributed by atoms with Crippen LogP contribution in [0.15, 0.2) is 0 Å². The van der Waals surface area contributed by atoms with Gasteiger partial charge in [0.15, 0.2) is 5.79 Å². The molecular weight excluding hydrogens is 532 g/mol. The van der Waals surface area contributed by atoms with Gasteiger partial charge >= 0.3 is 0 Å². The Hall–Kier alpha value is -0.740. The molecular formula is C39H60O4. The molecule has 0 unspecified atom stereocenters. The zero-order valence-electron chi connectivity index (χ0n) is 27.6. The summed E-state index contributed by atoms with van der Waals surface area (Å²) >= 11 is 0. The molecule has 0 aromatic rings. The van der Waals surface area contributed by atoms with Crippen LogP contribution in [0.2, 0.25) is 0 Å². The quantitative estimate of drug-likeness (QED) is 0.282. The summed E-state index contributed by atoms with van der Waals surface area (Å²) in [7, 11) is 0. The van der Waals surface area contributed by atoms with Crippen molar-refractivity contribution in [3.8, 4) is 0 Å². The van der Waals surface area contributed by atoms with Crippen LogP contribution in [-0.2, 0) is 19.1 Å². The van der Waals surface area contributed by atoms with Gasteiger partial charge in [0.2, 0.25) is 0 Å². The third kappa shape index (κ3) is 4.55. The molecule has 8 aliphatic carbocycles. The van der Waals surface area contributed by atoms with Crippen molar-refractivity contribution in [3.05, 3.63) is 0 Å². The minimum absolute atomic E-state index is 0.0793. The van der Waals surface area contributed by atoms with Crippen LogP contribution < -0.4 is 0 Å². The Morgan fingerprint density at radius 1 is 0.605 bits per heavy atom. The lowest BCUT2D eigenvalue weighted by Gasteiger charge is -2.56. The first-order valence-corrected chi connectivity index (χ1v) is 19.1. The summed E-state index contributed by atoms with van der Waals surface area (Å²) in [5, 5.41) is 0. The number of fused-ring (bicyclic) bond motifs is 11. The van der Waals surface area contributed by atoms with Crippen LogP contribution in [0.1, 0.15) is 136 Å². The largest absolute Gasteiger partial charge is 0.347 e. The molecule has 9 aliphatic rings. The van der Waals surface area contributed by atoms with E-state index in [-0.39, 0.29) is 16.6 Å². The van der Waals surface area contributed by atoms with Crippen LogP contribution in [0.3, 0.4) is 0 Å². The highest BCUT2D eigenvalue weighted by Crippen LogP contribution is 2.67. The van der Waals surface area contributed by atoms with E-state index in [4.69, 9.17) is 9.47 Å². The Labute approximate surface area is 261 Å². The summed E-state index contributed by atoms with van der Waals surface area (Å²) in [4.78, 5) is 24.2. The third-order valence-electron chi connectivity index (χ3n) is 16.5. The number of carbonyl (C=O) groups is 2. The number of ketones is 2. The zero-order valence-corrected chi connectivity index (χ0v) is 27.6. The van der Waals surface area contributed by atoms with Crippen molar-refractivity contribution >= 4 is 11.6 Å². The van der Waals surface area contributed by atoms with Crippen LogP contribution in [0, 0.1) is 75.9 Å². The van der Waals surface area contributed by atoms with Gasteiger partial charge in [-0.15, -0.1) is 0 Å². The fraction of sp³-hybridized carbons (Fsp3) is 0.949.